The number of aromatic nitrogens is 3. The number of alkyl halides is 3. The number of benzene rings is 1. The minimum absolute atomic E-state index is 0.0108. The van der Waals surface area contributed by atoms with Crippen LogP contribution < -0.4 is 10.2 Å². The van der Waals surface area contributed by atoms with E-state index in [-0.39, 0.29) is 36.3 Å². The van der Waals surface area contributed by atoms with Crippen LogP contribution in [-0.2, 0) is 15.8 Å². The fourth-order valence-electron chi connectivity index (χ4n) is 4.01. The van der Waals surface area contributed by atoms with Crippen LogP contribution in [0.15, 0.2) is 41.9 Å². The lowest BCUT2D eigenvalue weighted by atomic mass is 10.0. The molecule has 1 fully saturated rings. The average Bonchev–Trinajstić information content (AvgIpc) is 3.55. The molecule has 1 aliphatic rings. The second-order valence-electron chi connectivity index (χ2n) is 7.75. The number of halogens is 3. The van der Waals surface area contributed by atoms with E-state index < -0.39 is 11.7 Å². The van der Waals surface area contributed by atoms with Gasteiger partial charge in [0, 0.05) is 36.2 Å². The van der Waals surface area contributed by atoms with E-state index in [0.29, 0.717) is 17.2 Å². The Kier molecular flexibility index (Phi) is 6.77. The Labute approximate surface area is 192 Å². The van der Waals surface area contributed by atoms with Gasteiger partial charge in [-0.3, -0.25) is 19.2 Å². The van der Waals surface area contributed by atoms with Gasteiger partial charge in [0.1, 0.15) is 0 Å². The van der Waals surface area contributed by atoms with Crippen LogP contribution in [0, 0.1) is 0 Å². The minimum atomic E-state index is -4.53. The maximum atomic E-state index is 13.7. The maximum absolute atomic E-state index is 13.7. The van der Waals surface area contributed by atoms with Crippen LogP contribution in [0.1, 0.15) is 43.7 Å². The summed E-state index contributed by atoms with van der Waals surface area (Å²) in [5.41, 5.74) is -0.428. The number of carbonyl (C=O) groups is 2. The van der Waals surface area contributed by atoms with Gasteiger partial charge in [-0.05, 0) is 18.9 Å². The predicted molar refractivity (Wildman–Crippen MR) is 119 cm³/mol. The monoisotopic (exact) mass is 477 g/mol. The first-order valence-electron chi connectivity index (χ1n) is 10.5. The average molecular weight is 478 g/mol. The summed E-state index contributed by atoms with van der Waals surface area (Å²) in [5.74, 6) is -0.111. The van der Waals surface area contributed by atoms with E-state index in [0.717, 1.165) is 31.7 Å². The molecule has 11 heteroatoms. The molecule has 7 nitrogen and oxygen atoms in total. The minimum Gasteiger partial charge on any atom is -0.302 e. The molecule has 2 heterocycles. The van der Waals surface area contributed by atoms with Crippen LogP contribution in [0.3, 0.4) is 0 Å². The van der Waals surface area contributed by atoms with Crippen molar-refractivity contribution in [2.75, 3.05) is 16.8 Å². The Hall–Kier alpha value is -3.21. The molecular weight excluding hydrogens is 455 g/mol. The van der Waals surface area contributed by atoms with Crippen molar-refractivity contribution in [3.63, 3.8) is 0 Å². The van der Waals surface area contributed by atoms with Gasteiger partial charge in [-0.25, -0.2) is 4.98 Å². The van der Waals surface area contributed by atoms with E-state index in [1.807, 2.05) is 0 Å². The summed E-state index contributed by atoms with van der Waals surface area (Å²) in [6, 6.07) is 6.81. The Morgan fingerprint density at radius 2 is 2.03 bits per heavy atom. The van der Waals surface area contributed by atoms with Crippen molar-refractivity contribution < 1.29 is 22.8 Å². The van der Waals surface area contributed by atoms with Gasteiger partial charge < -0.3 is 5.32 Å². The molecule has 0 radical (unpaired) electrons. The highest BCUT2D eigenvalue weighted by molar-refractivity contribution is 7.13. The summed E-state index contributed by atoms with van der Waals surface area (Å²) < 4.78 is 42.7. The molecule has 1 N–H and O–H groups in total. The summed E-state index contributed by atoms with van der Waals surface area (Å²) in [5, 5.41) is 9.34. The number of nitrogens with zero attached hydrogens (tertiary/aromatic N) is 4. The SMILES string of the molecule is O=CN(CCC(=O)Nc1nccs1)c1cc(-c2ccccc2C(F)(F)F)n(C2CCCC2)n1. The van der Waals surface area contributed by atoms with E-state index >= 15 is 0 Å². The van der Waals surface area contributed by atoms with Crippen molar-refractivity contribution in [2.24, 2.45) is 0 Å². The van der Waals surface area contributed by atoms with Crippen LogP contribution in [0.5, 0.6) is 0 Å². The third kappa shape index (κ3) is 5.24. The van der Waals surface area contributed by atoms with Gasteiger partial charge >= 0.3 is 6.18 Å². The van der Waals surface area contributed by atoms with E-state index in [9.17, 15) is 22.8 Å². The molecule has 1 aromatic carbocycles. The van der Waals surface area contributed by atoms with Gasteiger partial charge in [0.2, 0.25) is 12.3 Å². The Morgan fingerprint density at radius 3 is 2.70 bits per heavy atom. The molecule has 3 aromatic rings. The van der Waals surface area contributed by atoms with Crippen LogP contribution in [0.25, 0.3) is 11.3 Å². The van der Waals surface area contributed by atoms with Crippen molar-refractivity contribution in [1.29, 1.82) is 0 Å². The number of carbonyl (C=O) groups excluding carboxylic acids is 2. The number of rotatable bonds is 8. The van der Waals surface area contributed by atoms with Crippen LogP contribution in [0.2, 0.25) is 0 Å². The lowest BCUT2D eigenvalue weighted by molar-refractivity contribution is -0.137. The van der Waals surface area contributed by atoms with Crippen molar-refractivity contribution in [2.45, 2.75) is 44.3 Å². The van der Waals surface area contributed by atoms with Crippen LogP contribution >= 0.6 is 11.3 Å². The maximum Gasteiger partial charge on any atom is 0.417 e. The molecule has 2 aromatic heterocycles. The van der Waals surface area contributed by atoms with Crippen molar-refractivity contribution in [3.05, 3.63) is 47.5 Å². The zero-order valence-corrected chi connectivity index (χ0v) is 18.4. The van der Waals surface area contributed by atoms with Crippen molar-refractivity contribution in [3.8, 4) is 11.3 Å². The standard InChI is InChI=1S/C22H22F3N5O2S/c23-22(24,25)17-8-4-3-7-16(17)18-13-19(28-30(18)15-5-1-2-6-15)29(14-31)11-9-20(32)27-21-26-10-12-33-21/h3-4,7-8,10,12-15H,1-2,5-6,9,11H2,(H,26,27,32). The first-order chi connectivity index (χ1) is 15.9. The zero-order chi connectivity index (χ0) is 23.4. The van der Waals surface area contributed by atoms with Gasteiger partial charge in [-0.2, -0.15) is 18.3 Å². The smallest absolute Gasteiger partial charge is 0.302 e. The van der Waals surface area contributed by atoms with Gasteiger partial charge in [-0.15, -0.1) is 11.3 Å². The molecule has 1 saturated carbocycles. The van der Waals surface area contributed by atoms with Gasteiger partial charge in [0.25, 0.3) is 0 Å². The largest absolute Gasteiger partial charge is 0.417 e. The molecule has 174 valence electrons. The summed E-state index contributed by atoms with van der Waals surface area (Å²) in [7, 11) is 0. The fourth-order valence-corrected chi connectivity index (χ4v) is 4.56. The second-order valence-corrected chi connectivity index (χ2v) is 8.64. The van der Waals surface area contributed by atoms with Gasteiger partial charge in [0.05, 0.1) is 17.3 Å². The topological polar surface area (TPSA) is 80.1 Å². The fraction of sp³-hybridized carbons (Fsp3) is 0.364. The molecule has 1 aliphatic carbocycles. The predicted octanol–water partition coefficient (Wildman–Crippen LogP) is 5.13. The Balaban J connectivity index is 1.62. The third-order valence-corrected chi connectivity index (χ3v) is 6.27. The summed E-state index contributed by atoms with van der Waals surface area (Å²) in [6.45, 7) is 0.0305. The quantitative estimate of drug-likeness (QED) is 0.456. The molecule has 0 bridgehead atoms. The Bertz CT molecular complexity index is 1110. The molecule has 0 saturated heterocycles. The zero-order valence-electron chi connectivity index (χ0n) is 17.6. The van der Waals surface area contributed by atoms with E-state index in [1.165, 1.54) is 34.4 Å². The highest BCUT2D eigenvalue weighted by atomic mass is 32.1. The molecule has 0 atom stereocenters. The number of anilines is 2. The summed E-state index contributed by atoms with van der Waals surface area (Å²) in [6.07, 6.45) is 1.11. The third-order valence-electron chi connectivity index (χ3n) is 5.58. The second kappa shape index (κ2) is 9.74. The van der Waals surface area contributed by atoms with E-state index in [1.54, 1.807) is 22.3 Å². The normalized spacial score (nSPS) is 14.4. The molecule has 2 amide bonds. The number of thiazole rings is 1. The Morgan fingerprint density at radius 1 is 1.27 bits per heavy atom. The number of hydrogen-bond donors (Lipinski definition) is 1. The molecule has 4 rings (SSSR count). The lowest BCUT2D eigenvalue weighted by Crippen LogP contribution is -2.27. The molecule has 33 heavy (non-hydrogen) atoms. The van der Waals surface area contributed by atoms with Crippen LogP contribution in [0.4, 0.5) is 24.1 Å². The van der Waals surface area contributed by atoms with E-state index in [2.05, 4.69) is 15.4 Å². The van der Waals surface area contributed by atoms with Gasteiger partial charge in [-0.1, -0.05) is 31.0 Å². The first kappa shape index (κ1) is 23.0. The van der Waals surface area contributed by atoms with Crippen molar-refractivity contribution in [1.82, 2.24) is 14.8 Å². The number of hydrogen-bond acceptors (Lipinski definition) is 5. The van der Waals surface area contributed by atoms with Gasteiger partial charge in [0.15, 0.2) is 10.9 Å². The molecule has 0 unspecified atom stereocenters. The summed E-state index contributed by atoms with van der Waals surface area (Å²) in [4.78, 5) is 29.2. The highest BCUT2D eigenvalue weighted by Gasteiger charge is 2.35. The lowest BCUT2D eigenvalue weighted by Gasteiger charge is -2.17. The number of amides is 2. The molecule has 0 spiro atoms. The van der Waals surface area contributed by atoms with Crippen molar-refractivity contribution >= 4 is 34.6 Å². The number of nitrogens with one attached hydrogen (secondary N) is 1. The van der Waals surface area contributed by atoms with Crippen LogP contribution in [-0.4, -0.2) is 33.6 Å². The van der Waals surface area contributed by atoms with E-state index in [4.69, 9.17) is 0 Å². The molecule has 0 aliphatic heterocycles. The molecular formula is C22H22F3N5O2S. The first-order valence-corrected chi connectivity index (χ1v) is 11.4. The summed E-state index contributed by atoms with van der Waals surface area (Å²) >= 11 is 1.27. The highest BCUT2D eigenvalue weighted by Crippen LogP contribution is 2.40.